The van der Waals surface area contributed by atoms with Gasteiger partial charge in [0, 0.05) is 10.9 Å². The molecule has 18 heavy (non-hydrogen) atoms. The lowest BCUT2D eigenvalue weighted by Crippen LogP contribution is -1.76. The van der Waals surface area contributed by atoms with Crippen molar-refractivity contribution in [2.24, 2.45) is 0 Å². The first kappa shape index (κ1) is 12.7. The number of carbonyl (C=O) groups is 1. The molecule has 0 atom stereocenters. The molecule has 1 aromatic carbocycles. The summed E-state index contributed by atoms with van der Waals surface area (Å²) in [5.74, 6) is 0. The smallest absolute Gasteiger partial charge is 0.290 e. The first-order valence-electron chi connectivity index (χ1n) is 5.08. The molecular weight excluding hydrogens is 268 g/mol. The van der Waals surface area contributed by atoms with Gasteiger partial charge in [-0.05, 0) is 19.1 Å². The predicted molar refractivity (Wildman–Crippen MR) is 74.2 cm³/mol. The fraction of sp³-hybridized carbons (Fsp3) is 0.0833. The molecule has 0 radical (unpaired) electrons. The number of carboxylic acid groups (broad SMARTS) is 1. The van der Waals surface area contributed by atoms with Gasteiger partial charge in [0.15, 0.2) is 0 Å². The number of nitrogens with zero attached hydrogens (tertiary/aromatic N) is 2. The summed E-state index contributed by atoms with van der Waals surface area (Å²) in [4.78, 5) is 17.1. The molecule has 0 amide bonds. The zero-order valence-corrected chi connectivity index (χ0v) is 11.2. The summed E-state index contributed by atoms with van der Waals surface area (Å²) in [5, 5.41) is 10.1. The molecular formula is C12H10N2O2S2. The van der Waals surface area contributed by atoms with Crippen molar-refractivity contribution in [2.75, 3.05) is 0 Å². The van der Waals surface area contributed by atoms with Gasteiger partial charge in [-0.1, -0.05) is 6.07 Å². The minimum Gasteiger partial charge on any atom is -0.483 e. The first-order valence-corrected chi connectivity index (χ1v) is 6.84. The van der Waals surface area contributed by atoms with Crippen LogP contribution in [0.1, 0.15) is 5.01 Å². The maximum absolute atomic E-state index is 8.36. The highest BCUT2D eigenvalue weighted by Crippen LogP contribution is 2.27. The number of rotatable bonds is 1. The van der Waals surface area contributed by atoms with E-state index in [9.17, 15) is 0 Å². The van der Waals surface area contributed by atoms with Crippen LogP contribution in [0, 0.1) is 6.92 Å². The minimum absolute atomic E-state index is 0.250. The molecule has 0 aliphatic heterocycles. The average Bonchev–Trinajstić information content (AvgIpc) is 2.95. The summed E-state index contributed by atoms with van der Waals surface area (Å²) in [7, 11) is 0. The van der Waals surface area contributed by atoms with E-state index in [0.29, 0.717) is 0 Å². The molecule has 6 heteroatoms. The third-order valence-corrected chi connectivity index (χ3v) is 3.76. The van der Waals surface area contributed by atoms with Gasteiger partial charge in [-0.3, -0.25) is 4.79 Å². The Bertz CT molecular complexity index is 647. The van der Waals surface area contributed by atoms with Crippen molar-refractivity contribution in [1.29, 1.82) is 0 Å². The lowest BCUT2D eigenvalue weighted by atomic mass is 10.2. The average molecular weight is 278 g/mol. The highest BCUT2D eigenvalue weighted by Gasteiger charge is 2.04. The number of fused-ring (bicyclic) bond motifs is 1. The van der Waals surface area contributed by atoms with Crippen LogP contribution in [0.5, 0.6) is 0 Å². The van der Waals surface area contributed by atoms with Crippen LogP contribution in [0.4, 0.5) is 0 Å². The number of aryl methyl sites for hydroxylation is 1. The van der Waals surface area contributed by atoms with E-state index in [0.717, 1.165) is 21.8 Å². The summed E-state index contributed by atoms with van der Waals surface area (Å²) in [6, 6.07) is 6.33. The molecule has 0 bridgehead atoms. The number of hydrogen-bond donors (Lipinski definition) is 1. The molecule has 3 aromatic rings. The van der Waals surface area contributed by atoms with Gasteiger partial charge in [-0.15, -0.1) is 22.7 Å². The van der Waals surface area contributed by atoms with Gasteiger partial charge in [0.1, 0.15) is 0 Å². The van der Waals surface area contributed by atoms with Crippen LogP contribution >= 0.6 is 22.7 Å². The van der Waals surface area contributed by atoms with Crippen molar-refractivity contribution in [3.8, 4) is 11.3 Å². The van der Waals surface area contributed by atoms with E-state index in [-0.39, 0.29) is 6.47 Å². The first-order chi connectivity index (χ1) is 8.74. The Balaban J connectivity index is 0.000000367. The Morgan fingerprint density at radius 3 is 2.83 bits per heavy atom. The van der Waals surface area contributed by atoms with Gasteiger partial charge >= 0.3 is 0 Å². The Labute approximate surface area is 112 Å². The van der Waals surface area contributed by atoms with Crippen LogP contribution in [-0.2, 0) is 4.79 Å². The molecule has 0 unspecified atom stereocenters. The molecule has 4 nitrogen and oxygen atoms in total. The predicted octanol–water partition coefficient (Wildman–Crippen LogP) is 3.43. The normalized spacial score (nSPS) is 9.83. The molecule has 1 N–H and O–H groups in total. The number of benzene rings is 1. The third-order valence-electron chi connectivity index (χ3n) is 2.22. The van der Waals surface area contributed by atoms with E-state index in [4.69, 9.17) is 9.90 Å². The highest BCUT2D eigenvalue weighted by molar-refractivity contribution is 7.18. The van der Waals surface area contributed by atoms with Gasteiger partial charge in [-0.25, -0.2) is 9.97 Å². The summed E-state index contributed by atoms with van der Waals surface area (Å²) >= 11 is 3.35. The molecule has 3 rings (SSSR count). The quantitative estimate of drug-likeness (QED) is 0.693. The van der Waals surface area contributed by atoms with Crippen molar-refractivity contribution < 1.29 is 9.90 Å². The minimum atomic E-state index is -0.250. The lowest BCUT2D eigenvalue weighted by Gasteiger charge is -1.95. The van der Waals surface area contributed by atoms with Gasteiger partial charge in [0.2, 0.25) is 0 Å². The standard InChI is InChI=1S/C11H8N2S2.CH2O2/c1-7-13-9-4-8(2-3-11(9)15-7)10-5-14-6-12-10;2-1-3/h2-6H,1H3;1H,(H,2,3). The van der Waals surface area contributed by atoms with Crippen LogP contribution in [0.25, 0.3) is 21.5 Å². The van der Waals surface area contributed by atoms with E-state index in [1.54, 1.807) is 22.7 Å². The largest absolute Gasteiger partial charge is 0.483 e. The molecule has 0 saturated heterocycles. The second kappa shape index (κ2) is 5.70. The van der Waals surface area contributed by atoms with Crippen LogP contribution < -0.4 is 0 Å². The van der Waals surface area contributed by atoms with Crippen molar-refractivity contribution >= 4 is 39.4 Å². The van der Waals surface area contributed by atoms with Gasteiger partial charge in [-0.2, -0.15) is 0 Å². The van der Waals surface area contributed by atoms with Gasteiger partial charge < -0.3 is 5.11 Å². The molecule has 2 aromatic heterocycles. The Morgan fingerprint density at radius 2 is 2.17 bits per heavy atom. The number of thiazole rings is 2. The van der Waals surface area contributed by atoms with Crippen molar-refractivity contribution in [1.82, 2.24) is 9.97 Å². The SMILES string of the molecule is Cc1nc2cc(-c3cscn3)ccc2s1.O=CO. The van der Waals surface area contributed by atoms with Crippen molar-refractivity contribution in [3.05, 3.63) is 34.1 Å². The van der Waals surface area contributed by atoms with E-state index < -0.39 is 0 Å². The Kier molecular flexibility index (Phi) is 4.01. The molecule has 0 aliphatic rings. The summed E-state index contributed by atoms with van der Waals surface area (Å²) < 4.78 is 1.24. The van der Waals surface area contributed by atoms with E-state index in [1.807, 2.05) is 12.4 Å². The van der Waals surface area contributed by atoms with Crippen LogP contribution in [0.2, 0.25) is 0 Å². The van der Waals surface area contributed by atoms with E-state index in [1.165, 1.54) is 4.70 Å². The fourth-order valence-electron chi connectivity index (χ4n) is 1.56. The molecule has 92 valence electrons. The van der Waals surface area contributed by atoms with Crippen molar-refractivity contribution in [2.45, 2.75) is 6.92 Å². The lowest BCUT2D eigenvalue weighted by molar-refractivity contribution is -0.122. The van der Waals surface area contributed by atoms with E-state index >= 15 is 0 Å². The molecule has 0 aliphatic carbocycles. The second-order valence-electron chi connectivity index (χ2n) is 3.39. The van der Waals surface area contributed by atoms with Crippen molar-refractivity contribution in [3.63, 3.8) is 0 Å². The monoisotopic (exact) mass is 278 g/mol. The van der Waals surface area contributed by atoms with Crippen LogP contribution in [0.15, 0.2) is 29.1 Å². The Hall–Kier alpha value is -1.79. The topological polar surface area (TPSA) is 63.1 Å². The summed E-state index contributed by atoms with van der Waals surface area (Å²) in [6.07, 6.45) is 0. The highest BCUT2D eigenvalue weighted by atomic mass is 32.1. The van der Waals surface area contributed by atoms with E-state index in [2.05, 4.69) is 33.5 Å². The van der Waals surface area contributed by atoms with Crippen LogP contribution in [0.3, 0.4) is 0 Å². The molecule has 2 heterocycles. The summed E-state index contributed by atoms with van der Waals surface area (Å²) in [5.41, 5.74) is 5.11. The fourth-order valence-corrected chi connectivity index (χ4v) is 2.93. The third kappa shape index (κ3) is 2.72. The molecule has 0 saturated carbocycles. The number of hydrogen-bond acceptors (Lipinski definition) is 5. The number of aromatic nitrogens is 2. The zero-order chi connectivity index (χ0) is 13.0. The molecule has 0 fully saturated rings. The molecule has 0 spiro atoms. The summed E-state index contributed by atoms with van der Waals surface area (Å²) in [6.45, 7) is 1.78. The van der Waals surface area contributed by atoms with Gasteiger partial charge in [0.25, 0.3) is 6.47 Å². The van der Waals surface area contributed by atoms with Gasteiger partial charge in [0.05, 0.1) is 26.4 Å². The Morgan fingerprint density at radius 1 is 1.39 bits per heavy atom. The van der Waals surface area contributed by atoms with Crippen LogP contribution in [-0.4, -0.2) is 21.5 Å². The maximum Gasteiger partial charge on any atom is 0.290 e. The second-order valence-corrected chi connectivity index (χ2v) is 5.35. The maximum atomic E-state index is 8.36. The zero-order valence-electron chi connectivity index (χ0n) is 9.53.